The van der Waals surface area contributed by atoms with E-state index in [0.717, 1.165) is 27.4 Å². The number of thiocarbonyl (C=S) groups is 1. The van der Waals surface area contributed by atoms with Crippen LogP contribution in [0.5, 0.6) is 5.75 Å². The molecule has 0 bridgehead atoms. The number of fused-ring (bicyclic) bond motifs is 2. The van der Waals surface area contributed by atoms with Gasteiger partial charge in [-0.25, -0.2) is 4.98 Å². The van der Waals surface area contributed by atoms with Gasteiger partial charge in [-0.2, -0.15) is 0 Å². The predicted octanol–water partition coefficient (Wildman–Crippen LogP) is 3.69. The highest BCUT2D eigenvalue weighted by atomic mass is 32.1. The minimum absolute atomic E-state index is 0.00865. The van der Waals surface area contributed by atoms with Gasteiger partial charge in [0.05, 0.1) is 11.1 Å². The van der Waals surface area contributed by atoms with Crippen LogP contribution in [0.1, 0.15) is 40.5 Å². The molecule has 0 radical (unpaired) electrons. The number of amides is 1. The Morgan fingerprint density at radius 1 is 1.34 bits per heavy atom. The van der Waals surface area contributed by atoms with Gasteiger partial charge in [-0.05, 0) is 37.1 Å². The van der Waals surface area contributed by atoms with Crippen LogP contribution in [0.15, 0.2) is 23.0 Å². The molecular weight excluding hydrogens is 408 g/mol. The Hall–Kier alpha value is -2.78. The van der Waals surface area contributed by atoms with E-state index in [4.69, 9.17) is 17.0 Å². The molecule has 0 saturated carbocycles. The number of aromatic amines is 1. The van der Waals surface area contributed by atoms with Crippen molar-refractivity contribution in [2.45, 2.75) is 34.2 Å². The first-order valence-corrected chi connectivity index (χ1v) is 10.5. The summed E-state index contributed by atoms with van der Waals surface area (Å²) in [5.41, 5.74) is 2.25. The van der Waals surface area contributed by atoms with Crippen LogP contribution in [0.4, 0.5) is 5.69 Å². The quantitative estimate of drug-likeness (QED) is 0.549. The van der Waals surface area contributed by atoms with E-state index in [1.54, 1.807) is 0 Å². The Kier molecular flexibility index (Phi) is 6.29. The molecule has 3 N–H and O–H groups in total. The SMILES string of the molecule is CC.Cc1sc2nc(C(=O)NCc3ccc4c(c3)NC(=S)CO4)[nH]c(=O)c2c1C. The standard InChI is InChI=1S/C18H16N4O3S2.C2H6/c1-8-9(2)27-18-14(8)16(23)21-15(22-18)17(24)19-6-10-3-4-12-11(5-10)20-13(26)7-25-12;1-2/h3-5H,6-7H2,1-2H3,(H,19,24)(H,20,26)(H,21,22,23);1-2H3. The van der Waals surface area contributed by atoms with Gasteiger partial charge < -0.3 is 20.4 Å². The van der Waals surface area contributed by atoms with E-state index in [2.05, 4.69) is 20.6 Å². The zero-order valence-electron chi connectivity index (χ0n) is 16.6. The van der Waals surface area contributed by atoms with E-state index in [1.807, 2.05) is 45.9 Å². The number of nitrogens with zero attached hydrogens (tertiary/aromatic N) is 1. The highest BCUT2D eigenvalue weighted by molar-refractivity contribution is 7.80. The normalized spacial score (nSPS) is 12.3. The maximum absolute atomic E-state index is 12.4. The summed E-state index contributed by atoms with van der Waals surface area (Å²) in [7, 11) is 0. The molecule has 29 heavy (non-hydrogen) atoms. The monoisotopic (exact) mass is 430 g/mol. The molecular formula is C20H22N4O3S2. The molecule has 2 aromatic heterocycles. The molecule has 3 heterocycles. The maximum atomic E-state index is 12.4. The minimum Gasteiger partial charge on any atom is -0.484 e. The van der Waals surface area contributed by atoms with Crippen molar-refractivity contribution in [2.75, 3.05) is 11.9 Å². The summed E-state index contributed by atoms with van der Waals surface area (Å²) in [4.78, 5) is 33.8. The molecule has 4 rings (SSSR count). The molecule has 152 valence electrons. The van der Waals surface area contributed by atoms with Gasteiger partial charge >= 0.3 is 0 Å². The van der Waals surface area contributed by atoms with Gasteiger partial charge in [0, 0.05) is 11.4 Å². The summed E-state index contributed by atoms with van der Waals surface area (Å²) in [5, 5.41) is 6.42. The second kappa shape index (κ2) is 8.71. The number of aryl methyl sites for hydroxylation is 2. The van der Waals surface area contributed by atoms with Crippen molar-refractivity contribution in [3.05, 3.63) is 50.4 Å². The van der Waals surface area contributed by atoms with Gasteiger partial charge in [-0.3, -0.25) is 9.59 Å². The highest BCUT2D eigenvalue weighted by Gasteiger charge is 2.17. The number of H-pyrrole nitrogens is 1. The van der Waals surface area contributed by atoms with E-state index >= 15 is 0 Å². The smallest absolute Gasteiger partial charge is 0.287 e. The Morgan fingerprint density at radius 3 is 2.86 bits per heavy atom. The molecule has 0 fully saturated rings. The van der Waals surface area contributed by atoms with Crippen molar-refractivity contribution >= 4 is 50.4 Å². The molecule has 9 heteroatoms. The van der Waals surface area contributed by atoms with Crippen molar-refractivity contribution in [3.63, 3.8) is 0 Å². The number of aromatic nitrogens is 2. The van der Waals surface area contributed by atoms with Crippen molar-refractivity contribution in [2.24, 2.45) is 0 Å². The zero-order chi connectivity index (χ0) is 21.1. The number of thiophene rings is 1. The molecule has 3 aromatic rings. The molecule has 1 aliphatic rings. The predicted molar refractivity (Wildman–Crippen MR) is 120 cm³/mol. The van der Waals surface area contributed by atoms with Gasteiger partial charge in [0.1, 0.15) is 22.2 Å². The van der Waals surface area contributed by atoms with E-state index in [9.17, 15) is 9.59 Å². The molecule has 1 amide bonds. The second-order valence-corrected chi connectivity index (χ2v) is 7.92. The highest BCUT2D eigenvalue weighted by Crippen LogP contribution is 2.29. The number of nitrogens with one attached hydrogen (secondary N) is 3. The number of carbonyl (C=O) groups is 1. The summed E-state index contributed by atoms with van der Waals surface area (Å²) in [6, 6.07) is 5.56. The third-order valence-electron chi connectivity index (χ3n) is 4.38. The van der Waals surface area contributed by atoms with Gasteiger partial charge in [0.15, 0.2) is 0 Å². The van der Waals surface area contributed by atoms with Crippen molar-refractivity contribution in [1.29, 1.82) is 0 Å². The van der Waals surface area contributed by atoms with Gasteiger partial charge in [-0.15, -0.1) is 11.3 Å². The van der Waals surface area contributed by atoms with Gasteiger partial charge in [0.2, 0.25) is 5.82 Å². The van der Waals surface area contributed by atoms with Crippen molar-refractivity contribution in [3.8, 4) is 5.75 Å². The number of anilines is 1. The molecule has 1 aromatic carbocycles. The van der Waals surface area contributed by atoms with Crippen LogP contribution in [0.2, 0.25) is 0 Å². The van der Waals surface area contributed by atoms with E-state index < -0.39 is 5.91 Å². The number of carbonyl (C=O) groups excluding carboxylic acids is 1. The van der Waals surface area contributed by atoms with Crippen molar-refractivity contribution < 1.29 is 9.53 Å². The minimum atomic E-state index is -0.435. The van der Waals surface area contributed by atoms with Crippen LogP contribution in [0.25, 0.3) is 10.2 Å². The lowest BCUT2D eigenvalue weighted by Crippen LogP contribution is -2.28. The summed E-state index contributed by atoms with van der Waals surface area (Å²) >= 11 is 6.52. The first kappa shape index (κ1) is 20.9. The number of rotatable bonds is 3. The van der Waals surface area contributed by atoms with Crippen LogP contribution in [0.3, 0.4) is 0 Å². The number of hydrogen-bond donors (Lipinski definition) is 3. The number of benzene rings is 1. The van der Waals surface area contributed by atoms with Crippen LogP contribution < -0.4 is 20.9 Å². The fourth-order valence-electron chi connectivity index (χ4n) is 2.87. The fraction of sp³-hybridized carbons (Fsp3) is 0.300. The molecule has 0 spiro atoms. The summed E-state index contributed by atoms with van der Waals surface area (Å²) < 4.78 is 5.51. The van der Waals surface area contributed by atoms with Gasteiger partial charge in [0.25, 0.3) is 11.5 Å². The summed E-state index contributed by atoms with van der Waals surface area (Å²) in [5.74, 6) is 0.295. The summed E-state index contributed by atoms with van der Waals surface area (Å²) in [6.45, 7) is 8.46. The van der Waals surface area contributed by atoms with Crippen LogP contribution in [0, 0.1) is 13.8 Å². The average Bonchev–Trinajstić information content (AvgIpc) is 3.01. The average molecular weight is 431 g/mol. The van der Waals surface area contributed by atoms with Crippen LogP contribution in [-0.2, 0) is 6.54 Å². The van der Waals surface area contributed by atoms with Crippen LogP contribution in [-0.4, -0.2) is 27.5 Å². The third kappa shape index (κ3) is 4.30. The number of ether oxygens (including phenoxy) is 1. The number of hydrogen-bond acceptors (Lipinski definition) is 6. The molecule has 0 saturated heterocycles. The lowest BCUT2D eigenvalue weighted by molar-refractivity contribution is 0.0940. The maximum Gasteiger partial charge on any atom is 0.287 e. The molecule has 0 unspecified atom stereocenters. The second-order valence-electron chi connectivity index (χ2n) is 6.23. The molecule has 7 nitrogen and oxygen atoms in total. The first-order valence-electron chi connectivity index (χ1n) is 9.26. The Labute approximate surface area is 177 Å². The zero-order valence-corrected chi connectivity index (χ0v) is 18.3. The van der Waals surface area contributed by atoms with E-state index in [-0.39, 0.29) is 17.9 Å². The van der Waals surface area contributed by atoms with E-state index in [1.165, 1.54) is 11.3 Å². The van der Waals surface area contributed by atoms with Crippen molar-refractivity contribution in [1.82, 2.24) is 15.3 Å². The van der Waals surface area contributed by atoms with E-state index in [0.29, 0.717) is 21.8 Å². The molecule has 0 aliphatic carbocycles. The Morgan fingerprint density at radius 2 is 2.10 bits per heavy atom. The fourth-order valence-corrected chi connectivity index (χ4v) is 4.07. The molecule has 1 aliphatic heterocycles. The summed E-state index contributed by atoms with van der Waals surface area (Å²) in [6.07, 6.45) is 0. The Bertz CT molecular complexity index is 1150. The first-order chi connectivity index (χ1) is 13.9. The lowest BCUT2D eigenvalue weighted by atomic mass is 10.1. The topological polar surface area (TPSA) is 96.1 Å². The molecule has 0 atom stereocenters. The Balaban J connectivity index is 0.00000117. The van der Waals surface area contributed by atoms with Gasteiger partial charge in [-0.1, -0.05) is 32.1 Å². The lowest BCUT2D eigenvalue weighted by Gasteiger charge is -2.20. The third-order valence-corrected chi connectivity index (χ3v) is 5.71. The largest absolute Gasteiger partial charge is 0.484 e. The van der Waals surface area contributed by atoms with Crippen LogP contribution >= 0.6 is 23.6 Å².